The van der Waals surface area contributed by atoms with Crippen molar-refractivity contribution in [2.24, 2.45) is 0 Å². The summed E-state index contributed by atoms with van der Waals surface area (Å²) in [4.78, 5) is 4.32. The molecule has 0 spiro atoms. The minimum atomic E-state index is 0.723. The Hall–Kier alpha value is -1.38. The number of rotatable bonds is 4. The van der Waals surface area contributed by atoms with Crippen molar-refractivity contribution >= 4 is 28.6 Å². The summed E-state index contributed by atoms with van der Waals surface area (Å²) >= 11 is 5.95. The van der Waals surface area contributed by atoms with E-state index in [0.29, 0.717) is 0 Å². The van der Waals surface area contributed by atoms with Gasteiger partial charge in [0, 0.05) is 16.6 Å². The molecule has 0 atom stereocenters. The Balaban J connectivity index is 2.31. The van der Waals surface area contributed by atoms with E-state index >= 15 is 0 Å². The molecular weight excluding hydrogens is 232 g/mol. The van der Waals surface area contributed by atoms with Crippen LogP contribution in [0.15, 0.2) is 36.5 Å². The van der Waals surface area contributed by atoms with Crippen LogP contribution in [0.5, 0.6) is 0 Å². The summed E-state index contributed by atoms with van der Waals surface area (Å²) in [6.45, 7) is 0.991. The predicted octanol–water partition coefficient (Wildman–Crippen LogP) is 3.51. The van der Waals surface area contributed by atoms with Gasteiger partial charge in [-0.2, -0.15) is 0 Å². The van der Waals surface area contributed by atoms with Gasteiger partial charge in [-0.1, -0.05) is 29.8 Å². The van der Waals surface area contributed by atoms with E-state index in [9.17, 15) is 0 Å². The maximum absolute atomic E-state index is 5.95. The van der Waals surface area contributed by atoms with E-state index in [-0.39, 0.29) is 0 Å². The fourth-order valence-electron chi connectivity index (χ4n) is 1.73. The van der Waals surface area contributed by atoms with Crippen LogP contribution in [0.1, 0.15) is 12.0 Å². The lowest BCUT2D eigenvalue weighted by Crippen LogP contribution is -2.05. The molecule has 1 heterocycles. The zero-order valence-corrected chi connectivity index (χ0v) is 10.5. The largest absolute Gasteiger partial charge is 0.319 e. The van der Waals surface area contributed by atoms with E-state index in [2.05, 4.69) is 22.5 Å². The first-order chi connectivity index (χ1) is 8.31. The Kier molecular flexibility index (Phi) is 4.13. The summed E-state index contributed by atoms with van der Waals surface area (Å²) < 4.78 is 0. The number of fused-ring (bicyclic) bond motifs is 1. The number of nitrogens with zero attached hydrogens (tertiary/aromatic N) is 1. The van der Waals surface area contributed by atoms with Crippen molar-refractivity contribution in [1.29, 1.82) is 0 Å². The molecule has 2 aromatic rings. The number of hydrogen-bond acceptors (Lipinski definition) is 2. The molecule has 0 radical (unpaired) electrons. The number of nitrogens with one attached hydrogen (secondary N) is 1. The van der Waals surface area contributed by atoms with Crippen LogP contribution in [-0.4, -0.2) is 18.6 Å². The molecule has 2 nitrogen and oxygen atoms in total. The van der Waals surface area contributed by atoms with Crippen molar-refractivity contribution < 1.29 is 0 Å². The number of benzene rings is 1. The zero-order chi connectivity index (χ0) is 12.1. The summed E-state index contributed by atoms with van der Waals surface area (Å²) in [5.41, 5.74) is 2.12. The second kappa shape index (κ2) is 5.80. The molecule has 0 aliphatic rings. The number of hydrogen-bond donors (Lipinski definition) is 1. The molecule has 0 amide bonds. The van der Waals surface area contributed by atoms with Gasteiger partial charge in [0.1, 0.15) is 0 Å². The highest BCUT2D eigenvalue weighted by Crippen LogP contribution is 2.21. The third-order valence-electron chi connectivity index (χ3n) is 2.60. The quantitative estimate of drug-likeness (QED) is 0.835. The Bertz CT molecular complexity index is 535. The van der Waals surface area contributed by atoms with Gasteiger partial charge in [0.2, 0.25) is 0 Å². The minimum Gasteiger partial charge on any atom is -0.319 e. The van der Waals surface area contributed by atoms with Crippen molar-refractivity contribution in [2.75, 3.05) is 13.6 Å². The van der Waals surface area contributed by atoms with Crippen LogP contribution in [0.25, 0.3) is 17.0 Å². The van der Waals surface area contributed by atoms with E-state index < -0.39 is 0 Å². The zero-order valence-electron chi connectivity index (χ0n) is 9.78. The number of pyridine rings is 1. The molecule has 0 fully saturated rings. The van der Waals surface area contributed by atoms with Gasteiger partial charge in [-0.15, -0.1) is 0 Å². The first kappa shape index (κ1) is 12.1. The van der Waals surface area contributed by atoms with Gasteiger partial charge in [0.15, 0.2) is 0 Å². The fourth-order valence-corrected chi connectivity index (χ4v) is 1.89. The monoisotopic (exact) mass is 246 g/mol. The lowest BCUT2D eigenvalue weighted by molar-refractivity contribution is 0.809. The molecule has 0 saturated carbocycles. The lowest BCUT2D eigenvalue weighted by atomic mass is 10.1. The molecule has 0 aliphatic heterocycles. The van der Waals surface area contributed by atoms with E-state index in [0.717, 1.165) is 28.9 Å². The molecule has 3 heteroatoms. The highest BCUT2D eigenvalue weighted by molar-refractivity contribution is 6.31. The minimum absolute atomic E-state index is 0.723. The summed E-state index contributed by atoms with van der Waals surface area (Å²) in [6, 6.07) is 7.83. The van der Waals surface area contributed by atoms with Gasteiger partial charge in [-0.3, -0.25) is 4.98 Å². The molecule has 2 rings (SSSR count). The Morgan fingerprint density at radius 3 is 3.06 bits per heavy atom. The summed E-state index contributed by atoms with van der Waals surface area (Å²) in [5, 5.41) is 4.98. The van der Waals surface area contributed by atoms with Crippen LogP contribution < -0.4 is 5.32 Å². The molecule has 88 valence electrons. The average Bonchev–Trinajstić information content (AvgIpc) is 2.34. The normalized spacial score (nSPS) is 11.4. The topological polar surface area (TPSA) is 24.9 Å². The summed E-state index contributed by atoms with van der Waals surface area (Å²) in [5.74, 6) is 0. The maximum atomic E-state index is 5.95. The van der Waals surface area contributed by atoms with Crippen molar-refractivity contribution in [3.05, 3.63) is 47.1 Å². The van der Waals surface area contributed by atoms with Crippen LogP contribution in [0.4, 0.5) is 0 Å². The van der Waals surface area contributed by atoms with Crippen LogP contribution in [-0.2, 0) is 0 Å². The maximum Gasteiger partial charge on any atom is 0.0722 e. The molecule has 0 unspecified atom stereocenters. The molecule has 0 aliphatic carbocycles. The highest BCUT2D eigenvalue weighted by Gasteiger charge is 1.99. The van der Waals surface area contributed by atoms with Crippen LogP contribution in [0.3, 0.4) is 0 Å². The van der Waals surface area contributed by atoms with Crippen molar-refractivity contribution in [1.82, 2.24) is 10.3 Å². The van der Waals surface area contributed by atoms with Crippen LogP contribution in [0, 0.1) is 0 Å². The average molecular weight is 247 g/mol. The van der Waals surface area contributed by atoms with Gasteiger partial charge >= 0.3 is 0 Å². The molecule has 0 saturated heterocycles. The summed E-state index contributed by atoms with van der Waals surface area (Å²) in [6.07, 6.45) is 7.14. The fraction of sp³-hybridized carbons (Fsp3) is 0.214. The standard InChI is InChI=1S/C14H15ClN2/c1-16-8-3-2-4-11-7-9-17-14-10-12(15)5-6-13(11)14/h2,4-7,9-10,16H,3,8H2,1H3. The first-order valence-corrected chi connectivity index (χ1v) is 6.04. The third kappa shape index (κ3) is 3.05. The Morgan fingerprint density at radius 2 is 2.24 bits per heavy atom. The van der Waals surface area contributed by atoms with Gasteiger partial charge < -0.3 is 5.32 Å². The molecule has 0 bridgehead atoms. The number of aromatic nitrogens is 1. The Labute approximate surface area is 106 Å². The third-order valence-corrected chi connectivity index (χ3v) is 2.83. The second-order valence-corrected chi connectivity index (χ2v) is 4.29. The van der Waals surface area contributed by atoms with Crippen LogP contribution >= 0.6 is 11.6 Å². The molecule has 17 heavy (non-hydrogen) atoms. The SMILES string of the molecule is CNCCC=Cc1ccnc2cc(Cl)ccc12. The first-order valence-electron chi connectivity index (χ1n) is 5.66. The number of halogens is 1. The van der Waals surface area contributed by atoms with Crippen molar-refractivity contribution in [3.63, 3.8) is 0 Å². The van der Waals surface area contributed by atoms with Crippen molar-refractivity contribution in [3.8, 4) is 0 Å². The van der Waals surface area contributed by atoms with Crippen molar-refractivity contribution in [2.45, 2.75) is 6.42 Å². The predicted molar refractivity (Wildman–Crippen MR) is 74.3 cm³/mol. The van der Waals surface area contributed by atoms with Gasteiger partial charge in [-0.05, 0) is 43.8 Å². The van der Waals surface area contributed by atoms with E-state index in [1.165, 1.54) is 5.56 Å². The van der Waals surface area contributed by atoms with E-state index in [1.807, 2.05) is 37.5 Å². The van der Waals surface area contributed by atoms with E-state index in [1.54, 1.807) is 0 Å². The van der Waals surface area contributed by atoms with Gasteiger partial charge in [0.05, 0.1) is 5.52 Å². The Morgan fingerprint density at radius 1 is 1.35 bits per heavy atom. The summed E-state index contributed by atoms with van der Waals surface area (Å²) in [7, 11) is 1.96. The molecular formula is C14H15ClN2. The molecule has 1 aromatic heterocycles. The smallest absolute Gasteiger partial charge is 0.0722 e. The molecule has 1 N–H and O–H groups in total. The van der Waals surface area contributed by atoms with Gasteiger partial charge in [0.25, 0.3) is 0 Å². The van der Waals surface area contributed by atoms with E-state index in [4.69, 9.17) is 11.6 Å². The van der Waals surface area contributed by atoms with Crippen LogP contribution in [0.2, 0.25) is 5.02 Å². The second-order valence-electron chi connectivity index (χ2n) is 3.86. The highest BCUT2D eigenvalue weighted by atomic mass is 35.5. The van der Waals surface area contributed by atoms with Gasteiger partial charge in [-0.25, -0.2) is 0 Å². The lowest BCUT2D eigenvalue weighted by Gasteiger charge is -2.02. The molecule has 1 aromatic carbocycles.